The number of amides is 2. The predicted octanol–water partition coefficient (Wildman–Crippen LogP) is 2.79. The number of carbonyl (C=O) groups excluding carboxylic acids is 2. The number of nitriles is 1. The Kier molecular flexibility index (Phi) is 6.37. The fourth-order valence-corrected chi connectivity index (χ4v) is 3.33. The van der Waals surface area contributed by atoms with Crippen LogP contribution in [0.3, 0.4) is 0 Å². The zero-order valence-electron chi connectivity index (χ0n) is 17.1. The molecule has 1 atom stereocenters. The second-order valence-corrected chi connectivity index (χ2v) is 7.93. The molecule has 32 heavy (non-hydrogen) atoms. The monoisotopic (exact) mass is 469 g/mol. The van der Waals surface area contributed by atoms with Gasteiger partial charge in [-0.05, 0) is 43.5 Å². The predicted molar refractivity (Wildman–Crippen MR) is 107 cm³/mol. The lowest BCUT2D eigenvalue weighted by molar-refractivity contribution is -0.274. The Balaban J connectivity index is 1.81. The first-order valence-corrected chi connectivity index (χ1v) is 9.88. The lowest BCUT2D eigenvalue weighted by Crippen LogP contribution is -2.51. The van der Waals surface area contributed by atoms with Crippen molar-refractivity contribution in [1.82, 2.24) is 20.4 Å². The molecule has 1 heterocycles. The third kappa shape index (κ3) is 5.70. The molecule has 3 rings (SSSR count). The van der Waals surface area contributed by atoms with Crippen LogP contribution in [0.4, 0.5) is 13.2 Å². The molecule has 0 aliphatic heterocycles. The number of ether oxygens (including phenoxy) is 1. The number of rotatable bonds is 7. The Labute approximate surface area is 186 Å². The van der Waals surface area contributed by atoms with Gasteiger partial charge in [0.15, 0.2) is 0 Å². The van der Waals surface area contributed by atoms with E-state index in [0.29, 0.717) is 24.1 Å². The molecule has 1 aromatic carbocycles. The van der Waals surface area contributed by atoms with Crippen LogP contribution in [0, 0.1) is 18.3 Å². The van der Waals surface area contributed by atoms with Crippen LogP contribution >= 0.6 is 11.6 Å². The Morgan fingerprint density at radius 3 is 2.56 bits per heavy atom. The number of aryl methyl sites for hydroxylation is 2. The summed E-state index contributed by atoms with van der Waals surface area (Å²) in [5, 5.41) is 18.3. The summed E-state index contributed by atoms with van der Waals surface area (Å²) in [5.74, 6) is -1.75. The van der Waals surface area contributed by atoms with Gasteiger partial charge in [-0.3, -0.25) is 14.3 Å². The minimum atomic E-state index is -4.90. The lowest BCUT2D eigenvalue weighted by atomic mass is 10.0. The van der Waals surface area contributed by atoms with Crippen LogP contribution in [0.25, 0.3) is 0 Å². The van der Waals surface area contributed by atoms with Gasteiger partial charge in [0.05, 0.1) is 16.8 Å². The van der Waals surface area contributed by atoms with E-state index in [-0.39, 0.29) is 17.1 Å². The van der Waals surface area contributed by atoms with Crippen molar-refractivity contribution in [3.05, 3.63) is 46.2 Å². The summed E-state index contributed by atoms with van der Waals surface area (Å²) in [6.07, 6.45) is -4.00. The molecule has 1 aromatic heterocycles. The van der Waals surface area contributed by atoms with Crippen molar-refractivity contribution in [3.8, 4) is 11.8 Å². The van der Waals surface area contributed by atoms with Crippen LogP contribution < -0.4 is 15.4 Å². The summed E-state index contributed by atoms with van der Waals surface area (Å²) < 4.78 is 42.6. The van der Waals surface area contributed by atoms with Crippen molar-refractivity contribution in [3.63, 3.8) is 0 Å². The summed E-state index contributed by atoms with van der Waals surface area (Å²) in [6, 6.07) is 6.03. The quantitative estimate of drug-likeness (QED) is 0.648. The number of hydrogen-bond acceptors (Lipinski definition) is 5. The van der Waals surface area contributed by atoms with Crippen LogP contribution in [0.1, 0.15) is 34.6 Å². The maximum Gasteiger partial charge on any atom is 0.573 e. The van der Waals surface area contributed by atoms with Gasteiger partial charge < -0.3 is 15.4 Å². The fourth-order valence-electron chi connectivity index (χ4n) is 3.09. The maximum absolute atomic E-state index is 12.9. The van der Waals surface area contributed by atoms with E-state index >= 15 is 0 Å². The second kappa shape index (κ2) is 8.70. The van der Waals surface area contributed by atoms with Crippen LogP contribution in [0.5, 0.6) is 5.75 Å². The fraction of sp³-hybridized carbons (Fsp3) is 0.400. The zero-order valence-corrected chi connectivity index (χ0v) is 17.8. The Bertz CT molecular complexity index is 1090. The van der Waals surface area contributed by atoms with Crippen LogP contribution in [0.2, 0.25) is 5.02 Å². The van der Waals surface area contributed by atoms with Gasteiger partial charge >= 0.3 is 6.36 Å². The Morgan fingerprint density at radius 1 is 1.38 bits per heavy atom. The Morgan fingerprint density at radius 2 is 2.06 bits per heavy atom. The molecule has 1 aliphatic carbocycles. The number of halogens is 4. The van der Waals surface area contributed by atoms with Gasteiger partial charge in [-0.25, -0.2) is 0 Å². The largest absolute Gasteiger partial charge is 0.573 e. The standard InChI is InChI=1S/C20H19ClF3N5O3/c1-11-7-15(29(2)28-11)18(31)26-14(17(30)27-19(10-25)5-6-19)9-12-3-4-16(13(21)8-12)32-20(22,23)24/h3-4,7-8,14H,5-6,9H2,1-2H3,(H,26,31)(H,27,30)/t14-/m0/s1. The van der Waals surface area contributed by atoms with E-state index in [1.165, 1.54) is 16.8 Å². The smallest absolute Gasteiger partial charge is 0.404 e. The minimum absolute atomic E-state index is 0.0814. The number of alkyl halides is 3. The Hall–Kier alpha value is -3.26. The third-order valence-electron chi connectivity index (χ3n) is 4.84. The molecule has 0 spiro atoms. The van der Waals surface area contributed by atoms with Crippen LogP contribution in [-0.2, 0) is 18.3 Å². The molecule has 2 N–H and O–H groups in total. The average molecular weight is 470 g/mol. The van der Waals surface area contributed by atoms with E-state index in [1.807, 2.05) is 6.07 Å². The molecule has 8 nitrogen and oxygen atoms in total. The first kappa shape index (κ1) is 23.4. The first-order chi connectivity index (χ1) is 14.9. The SMILES string of the molecule is Cc1cc(C(=O)N[C@@H](Cc2ccc(OC(F)(F)F)c(Cl)c2)C(=O)NC2(C#N)CC2)n(C)n1. The van der Waals surface area contributed by atoms with E-state index in [4.69, 9.17) is 11.6 Å². The maximum atomic E-state index is 12.9. The van der Waals surface area contributed by atoms with Crippen molar-refractivity contribution in [1.29, 1.82) is 5.26 Å². The topological polar surface area (TPSA) is 109 Å². The van der Waals surface area contributed by atoms with Gasteiger partial charge in [-0.1, -0.05) is 17.7 Å². The molecule has 170 valence electrons. The second-order valence-electron chi connectivity index (χ2n) is 7.52. The highest BCUT2D eigenvalue weighted by Crippen LogP contribution is 2.34. The molecule has 0 saturated heterocycles. The highest BCUT2D eigenvalue weighted by molar-refractivity contribution is 6.32. The number of hydrogen-bond donors (Lipinski definition) is 2. The van der Waals surface area contributed by atoms with E-state index in [9.17, 15) is 28.0 Å². The summed E-state index contributed by atoms with van der Waals surface area (Å²) in [7, 11) is 1.57. The van der Waals surface area contributed by atoms with Crippen molar-refractivity contribution in [2.75, 3.05) is 0 Å². The van der Waals surface area contributed by atoms with E-state index in [2.05, 4.69) is 20.5 Å². The molecule has 1 aliphatic rings. The minimum Gasteiger partial charge on any atom is -0.404 e. The van der Waals surface area contributed by atoms with Crippen molar-refractivity contribution < 1.29 is 27.5 Å². The zero-order chi connectivity index (χ0) is 23.7. The van der Waals surface area contributed by atoms with E-state index in [1.54, 1.807) is 20.0 Å². The van der Waals surface area contributed by atoms with Crippen molar-refractivity contribution in [2.24, 2.45) is 7.05 Å². The first-order valence-electron chi connectivity index (χ1n) is 9.50. The van der Waals surface area contributed by atoms with Crippen molar-refractivity contribution in [2.45, 2.75) is 44.1 Å². The van der Waals surface area contributed by atoms with Crippen LogP contribution in [0.15, 0.2) is 24.3 Å². The van der Waals surface area contributed by atoms with Gasteiger partial charge in [0.25, 0.3) is 5.91 Å². The summed E-state index contributed by atoms with van der Waals surface area (Å²) in [4.78, 5) is 25.6. The van der Waals surface area contributed by atoms with Gasteiger partial charge in [-0.2, -0.15) is 10.4 Å². The summed E-state index contributed by atoms with van der Waals surface area (Å²) in [6.45, 7) is 1.71. The normalized spacial score (nSPS) is 15.4. The van der Waals surface area contributed by atoms with Crippen LogP contribution in [-0.4, -0.2) is 39.5 Å². The average Bonchev–Trinajstić information content (AvgIpc) is 3.37. The molecule has 12 heteroatoms. The molecular formula is C20H19ClF3N5O3. The lowest BCUT2D eigenvalue weighted by Gasteiger charge is -2.21. The van der Waals surface area contributed by atoms with Gasteiger partial charge in [0.2, 0.25) is 5.91 Å². The molecule has 0 bridgehead atoms. The van der Waals surface area contributed by atoms with E-state index in [0.717, 1.165) is 6.07 Å². The van der Waals surface area contributed by atoms with Gasteiger partial charge in [-0.15, -0.1) is 13.2 Å². The summed E-state index contributed by atoms with van der Waals surface area (Å²) >= 11 is 5.89. The molecule has 1 saturated carbocycles. The molecule has 1 fully saturated rings. The third-order valence-corrected chi connectivity index (χ3v) is 5.14. The number of nitrogens with one attached hydrogen (secondary N) is 2. The van der Waals surface area contributed by atoms with Gasteiger partial charge in [0.1, 0.15) is 23.0 Å². The molecule has 2 amide bonds. The molecule has 0 unspecified atom stereocenters. The van der Waals surface area contributed by atoms with Gasteiger partial charge in [0, 0.05) is 13.5 Å². The number of aromatic nitrogens is 2. The highest BCUT2D eigenvalue weighted by atomic mass is 35.5. The molecular weight excluding hydrogens is 451 g/mol. The molecule has 2 aromatic rings. The number of nitrogens with zero attached hydrogens (tertiary/aromatic N) is 3. The van der Waals surface area contributed by atoms with Crippen molar-refractivity contribution >= 4 is 23.4 Å². The molecule has 0 radical (unpaired) electrons. The summed E-state index contributed by atoms with van der Waals surface area (Å²) in [5.41, 5.74) is 0.236. The number of carbonyl (C=O) groups is 2. The highest BCUT2D eigenvalue weighted by Gasteiger charge is 2.45. The number of benzene rings is 1. The van der Waals surface area contributed by atoms with E-state index < -0.39 is 35.5 Å².